The molecule has 0 spiro atoms. The third kappa shape index (κ3) is 14.9. The van der Waals surface area contributed by atoms with Gasteiger partial charge < -0.3 is 19.6 Å². The number of fused-ring (bicyclic) bond motifs is 4. The molecule has 13 atom stereocenters. The third-order valence-corrected chi connectivity index (χ3v) is 29.2. The normalized spacial score (nSPS) is 35.0. The summed E-state index contributed by atoms with van der Waals surface area (Å²) in [5.74, 6) is 13.0. The van der Waals surface area contributed by atoms with E-state index in [0.717, 1.165) is 100 Å². The molecule has 5 heteroatoms. The summed E-state index contributed by atoms with van der Waals surface area (Å²) in [6.07, 6.45) is 42.5. The topological polar surface area (TPSA) is 9.23 Å². The molecule has 74 heavy (non-hydrogen) atoms. The molecule has 8 aliphatic rings. The van der Waals surface area contributed by atoms with Gasteiger partial charge in [0.25, 0.3) is 0 Å². The van der Waals surface area contributed by atoms with Gasteiger partial charge in [-0.05, 0) is 172 Å². The molecule has 8 saturated carbocycles. The van der Waals surface area contributed by atoms with Crippen LogP contribution in [0.5, 0.6) is 0 Å². The molecule has 0 amide bonds. The molecule has 0 radical (unpaired) electrons. The molecule has 0 aromatic heterocycles. The number of hydrogen-bond acceptors (Lipinski definition) is 1. The van der Waals surface area contributed by atoms with Crippen molar-refractivity contribution in [1.82, 2.24) is 0 Å². The molecule has 10 rings (SSSR count). The fourth-order valence-corrected chi connectivity index (χ4v) is 27.7. The second kappa shape index (κ2) is 31.3. The van der Waals surface area contributed by atoms with Crippen molar-refractivity contribution >= 4 is 35.5 Å². The molecule has 0 saturated heterocycles. The summed E-state index contributed by atoms with van der Waals surface area (Å²) >= 11 is -0.826. The molecule has 0 aliphatic heterocycles. The monoisotopic (exact) mass is 1150 g/mol. The van der Waals surface area contributed by atoms with Crippen molar-refractivity contribution in [3.63, 3.8) is 0 Å². The Labute approximate surface area is 480 Å². The zero-order chi connectivity index (χ0) is 51.3. The summed E-state index contributed by atoms with van der Waals surface area (Å²) in [7, 11) is 7.87. The molecule has 0 N–H and O–H groups in total. The van der Waals surface area contributed by atoms with Gasteiger partial charge in [0.2, 0.25) is 0 Å². The van der Waals surface area contributed by atoms with E-state index in [1.807, 2.05) is 0 Å². The molecule has 0 bridgehead atoms. The predicted octanol–water partition coefficient (Wildman–Crippen LogP) is 21.2. The average molecular weight is 1150 g/mol. The van der Waals surface area contributed by atoms with Gasteiger partial charge in [-0.3, -0.25) is 0 Å². The fraction of sp³-hybridized carbons (Fsp3) is 0.797. The van der Waals surface area contributed by atoms with E-state index in [-0.39, 0.29) is 20.5 Å². The Kier molecular flexibility index (Phi) is 27.5. The zero-order valence-electron chi connectivity index (χ0n) is 50.1. The zero-order valence-corrected chi connectivity index (χ0v) is 55.1. The van der Waals surface area contributed by atoms with E-state index in [0.29, 0.717) is 0 Å². The minimum absolute atomic E-state index is 0. The van der Waals surface area contributed by atoms with Gasteiger partial charge >= 0.3 is 37.9 Å². The molecule has 13 unspecified atom stereocenters. The second-order valence-electron chi connectivity index (χ2n) is 27.3. The van der Waals surface area contributed by atoms with E-state index >= 15 is 0 Å². The van der Waals surface area contributed by atoms with Crippen LogP contribution in [-0.4, -0.2) is 20.3 Å². The van der Waals surface area contributed by atoms with E-state index in [4.69, 9.17) is 21.8 Å². The van der Waals surface area contributed by atoms with Crippen LogP contribution in [0.3, 0.4) is 0 Å². The molecular weight excluding hydrogens is 1030 g/mol. The van der Waals surface area contributed by atoms with E-state index in [1.54, 1.807) is 107 Å². The Morgan fingerprint density at radius 2 is 1.03 bits per heavy atom. The third-order valence-electron chi connectivity index (χ3n) is 22.6. The standard InChI is InChI=1S/C34H60O.C30H42Si.C3H8.2CH3.2ClH.Zr/c1-33(2,3)35-24-14-5-4-7-15-26-20-21-27(25-26)34(22-12-6-13-23-34)32-30-18-10-8-16-28(30)29-17-9-11-19-31(29)32;1-21-22(2)24(4)30(23(21)3)31(26-14-7-5-8-15-26,27-16-9-6-10-17-27)29-20-19-25-13-11-12-18-28(25)29;1-3-2;;;;;/h26-32H,4-25H2,1-3H3;5-10,14-17,21-25,28-30H,11-13,18-20H2,1-4H3;3H2,1-2H3;2*1H3;2*1H;/q;;;2*-1;;;+4/p-2. The number of hydrogen-bond donors (Lipinski definition) is 0. The number of rotatable bonds is 13. The van der Waals surface area contributed by atoms with Crippen molar-refractivity contribution in [1.29, 1.82) is 0 Å². The molecule has 0 heterocycles. The van der Waals surface area contributed by atoms with Gasteiger partial charge in [-0.15, -0.1) is 0 Å². The first kappa shape index (κ1) is 64.9. The van der Waals surface area contributed by atoms with Gasteiger partial charge in [-0.2, -0.15) is 0 Å². The first-order valence-electron chi connectivity index (χ1n) is 31.6. The summed E-state index contributed by atoms with van der Waals surface area (Å²) in [4.78, 5) is 0. The van der Waals surface area contributed by atoms with Gasteiger partial charge in [0.05, 0.1) is 5.60 Å². The Hall–Kier alpha value is 0.0800. The van der Waals surface area contributed by atoms with Gasteiger partial charge in [-0.1, -0.05) is 235 Å². The van der Waals surface area contributed by atoms with Crippen molar-refractivity contribution in [2.75, 3.05) is 6.61 Å². The first-order chi connectivity index (χ1) is 34.9. The van der Waals surface area contributed by atoms with Crippen LogP contribution in [0.15, 0.2) is 60.7 Å². The predicted molar refractivity (Wildman–Crippen MR) is 327 cm³/mol. The van der Waals surface area contributed by atoms with Crippen LogP contribution in [0.2, 0.25) is 11.1 Å². The van der Waals surface area contributed by atoms with Crippen LogP contribution < -0.4 is 10.4 Å². The van der Waals surface area contributed by atoms with Crippen molar-refractivity contribution in [3.05, 3.63) is 75.5 Å². The number of benzene rings is 2. The summed E-state index contributed by atoms with van der Waals surface area (Å²) in [6.45, 7) is 22.1. The Morgan fingerprint density at radius 1 is 0.554 bits per heavy atom. The van der Waals surface area contributed by atoms with Gasteiger partial charge in [0, 0.05) is 6.61 Å². The van der Waals surface area contributed by atoms with Crippen LogP contribution >= 0.6 is 17.0 Å². The SMILES string of the molecule is CC(C)(C)OCCCCCCC1CCC(C2(C3C4CCCCC4C4CCCCC43)CCCCC2)C1.CC1C(C)C(C)C([Si](c2ccccc2)(c2ccccc2)C2CCC3CCCCC32)C1C.CCC.[CH3-].[CH3-].[Cl][Zr+2][Cl]. The maximum atomic E-state index is 5.93. The van der Waals surface area contributed by atoms with E-state index in [9.17, 15) is 0 Å². The van der Waals surface area contributed by atoms with Gasteiger partial charge in [-0.25, -0.2) is 0 Å². The van der Waals surface area contributed by atoms with Crippen molar-refractivity contribution in [3.8, 4) is 0 Å². The number of unbranched alkanes of at least 4 members (excludes halogenated alkanes) is 3. The number of halogens is 2. The van der Waals surface area contributed by atoms with Crippen molar-refractivity contribution in [2.45, 2.75) is 259 Å². The van der Waals surface area contributed by atoms with Crippen LogP contribution in [0.4, 0.5) is 0 Å². The first-order valence-corrected chi connectivity index (χ1v) is 40.1. The van der Waals surface area contributed by atoms with Gasteiger partial charge in [0.15, 0.2) is 0 Å². The quantitative estimate of drug-likeness (QED) is 0.110. The second-order valence-corrected chi connectivity index (χ2v) is 35.4. The Balaban J connectivity index is 0.000000243. The van der Waals surface area contributed by atoms with Gasteiger partial charge in [0.1, 0.15) is 8.07 Å². The van der Waals surface area contributed by atoms with Crippen LogP contribution in [-0.2, 0) is 25.6 Å². The van der Waals surface area contributed by atoms with Crippen molar-refractivity contribution < 1.29 is 25.6 Å². The summed E-state index contributed by atoms with van der Waals surface area (Å²) in [5.41, 5.74) is 2.54. The summed E-state index contributed by atoms with van der Waals surface area (Å²) in [6, 6.07) is 24.0. The van der Waals surface area contributed by atoms with Crippen molar-refractivity contribution in [2.24, 2.45) is 82.3 Å². The Morgan fingerprint density at radius 3 is 1.54 bits per heavy atom. The van der Waals surface area contributed by atoms with Crippen LogP contribution in [0.1, 0.15) is 242 Å². The van der Waals surface area contributed by atoms with Crippen LogP contribution in [0, 0.1) is 97.2 Å². The fourth-order valence-electron chi connectivity index (χ4n) is 19.7. The number of ether oxygens (including phenoxy) is 1. The molecule has 8 aliphatic carbocycles. The van der Waals surface area contributed by atoms with E-state index in [2.05, 4.69) is 123 Å². The average Bonchev–Trinajstić information content (AvgIpc) is 4.18. The molecule has 2 aromatic rings. The molecule has 2 aromatic carbocycles. The molecule has 1 nitrogen and oxygen atoms in total. The van der Waals surface area contributed by atoms with E-state index < -0.39 is 28.9 Å². The Bertz CT molecular complexity index is 1730. The summed E-state index contributed by atoms with van der Waals surface area (Å²) < 4.78 is 5.93. The molecular formula is C69H116Cl2OSiZr. The minimum atomic E-state index is -2.00. The van der Waals surface area contributed by atoms with E-state index in [1.165, 1.54) is 83.5 Å². The summed E-state index contributed by atoms with van der Waals surface area (Å²) in [5, 5.41) is 3.48. The molecule has 8 fully saturated rings. The molecule has 420 valence electrons. The van der Waals surface area contributed by atoms with Crippen LogP contribution in [0.25, 0.3) is 0 Å². The maximum absolute atomic E-state index is 5.93.